The van der Waals surface area contributed by atoms with Crippen molar-refractivity contribution in [3.05, 3.63) is 29.8 Å². The molecular formula is C15H24N2O. The van der Waals surface area contributed by atoms with Crippen LogP contribution in [0.2, 0.25) is 0 Å². The number of amides is 1. The molecule has 0 aliphatic heterocycles. The molecule has 100 valence electrons. The van der Waals surface area contributed by atoms with E-state index in [1.54, 1.807) is 6.92 Å². The molecule has 3 nitrogen and oxygen atoms in total. The Balaban J connectivity index is 2.60. The number of carbonyl (C=O) groups is 1. The van der Waals surface area contributed by atoms with Crippen molar-refractivity contribution in [1.29, 1.82) is 0 Å². The van der Waals surface area contributed by atoms with Gasteiger partial charge in [-0.15, -0.1) is 0 Å². The molecule has 0 atom stereocenters. The number of rotatable bonds is 7. The zero-order chi connectivity index (χ0) is 13.4. The van der Waals surface area contributed by atoms with Crippen LogP contribution in [0.3, 0.4) is 0 Å². The summed E-state index contributed by atoms with van der Waals surface area (Å²) in [6.07, 6.45) is 2.37. The third-order valence-corrected chi connectivity index (χ3v) is 2.99. The second-order valence-electron chi connectivity index (χ2n) is 4.51. The summed E-state index contributed by atoms with van der Waals surface area (Å²) in [5.41, 5.74) is 2.31. The van der Waals surface area contributed by atoms with Gasteiger partial charge in [0.05, 0.1) is 0 Å². The van der Waals surface area contributed by atoms with E-state index >= 15 is 0 Å². The lowest BCUT2D eigenvalue weighted by Crippen LogP contribution is -2.27. The van der Waals surface area contributed by atoms with Crippen LogP contribution in [0.15, 0.2) is 24.3 Å². The number of carbonyl (C=O) groups excluding carboxylic acids is 1. The first-order chi connectivity index (χ1) is 8.67. The predicted octanol–water partition coefficient (Wildman–Crippen LogP) is 3.27. The van der Waals surface area contributed by atoms with Crippen LogP contribution in [-0.2, 0) is 11.3 Å². The van der Waals surface area contributed by atoms with Crippen molar-refractivity contribution in [2.24, 2.45) is 0 Å². The van der Waals surface area contributed by atoms with Crippen molar-refractivity contribution in [2.75, 3.05) is 18.4 Å². The van der Waals surface area contributed by atoms with Crippen LogP contribution in [0, 0.1) is 0 Å². The molecule has 1 amide bonds. The second kappa shape index (κ2) is 7.75. The van der Waals surface area contributed by atoms with Crippen molar-refractivity contribution in [2.45, 2.75) is 40.2 Å². The normalized spacial score (nSPS) is 10.2. The van der Waals surface area contributed by atoms with E-state index in [1.807, 2.05) is 17.9 Å². The van der Waals surface area contributed by atoms with E-state index in [0.717, 1.165) is 18.8 Å². The third kappa shape index (κ3) is 4.78. The summed E-state index contributed by atoms with van der Waals surface area (Å²) in [7, 11) is 0. The molecule has 0 saturated heterocycles. The first-order valence-electron chi connectivity index (χ1n) is 6.75. The van der Waals surface area contributed by atoms with Crippen LogP contribution in [-0.4, -0.2) is 23.9 Å². The molecule has 0 bridgehead atoms. The number of benzene rings is 1. The van der Waals surface area contributed by atoms with Gasteiger partial charge in [-0.25, -0.2) is 0 Å². The molecule has 3 heteroatoms. The Morgan fingerprint density at radius 1 is 1.33 bits per heavy atom. The van der Waals surface area contributed by atoms with Gasteiger partial charge in [0.2, 0.25) is 5.91 Å². The monoisotopic (exact) mass is 248 g/mol. The Hall–Kier alpha value is -1.51. The Morgan fingerprint density at radius 3 is 2.72 bits per heavy atom. The standard InChI is InChI=1S/C15H24N2O/c1-4-6-10-16-15-9-7-8-14(11-15)12-17(5-2)13(3)18/h7-9,11,16H,4-6,10,12H2,1-3H3. The Morgan fingerprint density at radius 2 is 2.11 bits per heavy atom. The molecule has 0 heterocycles. The molecule has 0 spiro atoms. The predicted molar refractivity (Wildman–Crippen MR) is 76.6 cm³/mol. The van der Waals surface area contributed by atoms with Crippen molar-refractivity contribution >= 4 is 11.6 Å². The summed E-state index contributed by atoms with van der Waals surface area (Å²) in [4.78, 5) is 13.2. The third-order valence-electron chi connectivity index (χ3n) is 2.99. The summed E-state index contributed by atoms with van der Waals surface area (Å²) >= 11 is 0. The van der Waals surface area contributed by atoms with Crippen LogP contribution in [0.5, 0.6) is 0 Å². The first-order valence-corrected chi connectivity index (χ1v) is 6.75. The number of hydrogen-bond acceptors (Lipinski definition) is 2. The van der Waals surface area contributed by atoms with Gasteiger partial charge in [0.1, 0.15) is 0 Å². The van der Waals surface area contributed by atoms with Crippen LogP contribution >= 0.6 is 0 Å². The molecule has 0 saturated carbocycles. The van der Waals surface area contributed by atoms with Crippen LogP contribution in [0.25, 0.3) is 0 Å². The van der Waals surface area contributed by atoms with E-state index in [1.165, 1.54) is 18.4 Å². The molecular weight excluding hydrogens is 224 g/mol. The number of anilines is 1. The largest absolute Gasteiger partial charge is 0.385 e. The molecule has 0 unspecified atom stereocenters. The van der Waals surface area contributed by atoms with Gasteiger partial charge in [0.25, 0.3) is 0 Å². The van der Waals surface area contributed by atoms with Crippen molar-refractivity contribution in [3.63, 3.8) is 0 Å². The average Bonchev–Trinajstić information content (AvgIpc) is 2.36. The van der Waals surface area contributed by atoms with Gasteiger partial charge in [-0.1, -0.05) is 25.5 Å². The van der Waals surface area contributed by atoms with Gasteiger partial charge in [-0.3, -0.25) is 4.79 Å². The summed E-state index contributed by atoms with van der Waals surface area (Å²) in [6.45, 7) is 8.25. The van der Waals surface area contributed by atoms with E-state index in [0.29, 0.717) is 6.54 Å². The lowest BCUT2D eigenvalue weighted by atomic mass is 10.2. The highest BCUT2D eigenvalue weighted by Crippen LogP contribution is 2.13. The summed E-state index contributed by atoms with van der Waals surface area (Å²) in [6, 6.07) is 8.30. The fraction of sp³-hybridized carbons (Fsp3) is 0.533. The maximum absolute atomic E-state index is 11.4. The van der Waals surface area contributed by atoms with Gasteiger partial charge >= 0.3 is 0 Å². The molecule has 0 radical (unpaired) electrons. The molecule has 18 heavy (non-hydrogen) atoms. The average molecular weight is 248 g/mol. The van der Waals surface area contributed by atoms with E-state index in [9.17, 15) is 4.79 Å². The van der Waals surface area contributed by atoms with Crippen molar-refractivity contribution in [3.8, 4) is 0 Å². The highest BCUT2D eigenvalue weighted by molar-refractivity contribution is 5.73. The molecule has 1 N–H and O–H groups in total. The topological polar surface area (TPSA) is 32.3 Å². The first kappa shape index (κ1) is 14.6. The van der Waals surface area contributed by atoms with Gasteiger partial charge in [0, 0.05) is 32.2 Å². The van der Waals surface area contributed by atoms with Crippen LogP contribution < -0.4 is 5.32 Å². The van der Waals surface area contributed by atoms with E-state index < -0.39 is 0 Å². The Bertz CT molecular complexity index is 377. The minimum atomic E-state index is 0.127. The summed E-state index contributed by atoms with van der Waals surface area (Å²) < 4.78 is 0. The maximum atomic E-state index is 11.4. The molecule has 0 fully saturated rings. The summed E-state index contributed by atoms with van der Waals surface area (Å²) in [5, 5.41) is 3.40. The number of nitrogens with zero attached hydrogens (tertiary/aromatic N) is 1. The highest BCUT2D eigenvalue weighted by Gasteiger charge is 2.06. The number of hydrogen-bond donors (Lipinski definition) is 1. The molecule has 1 aromatic carbocycles. The number of nitrogens with one attached hydrogen (secondary N) is 1. The molecule has 0 aromatic heterocycles. The lowest BCUT2D eigenvalue weighted by Gasteiger charge is -2.19. The fourth-order valence-corrected chi connectivity index (χ4v) is 1.86. The van der Waals surface area contributed by atoms with E-state index in [-0.39, 0.29) is 5.91 Å². The Kier molecular flexibility index (Phi) is 6.26. The minimum Gasteiger partial charge on any atom is -0.385 e. The van der Waals surface area contributed by atoms with Gasteiger partial charge in [0.15, 0.2) is 0 Å². The van der Waals surface area contributed by atoms with Crippen molar-refractivity contribution < 1.29 is 4.79 Å². The highest BCUT2D eigenvalue weighted by atomic mass is 16.2. The molecule has 0 aliphatic carbocycles. The maximum Gasteiger partial charge on any atom is 0.219 e. The zero-order valence-corrected chi connectivity index (χ0v) is 11.7. The quantitative estimate of drug-likeness (QED) is 0.751. The minimum absolute atomic E-state index is 0.127. The molecule has 0 aliphatic rings. The lowest BCUT2D eigenvalue weighted by molar-refractivity contribution is -0.129. The van der Waals surface area contributed by atoms with Crippen LogP contribution in [0.4, 0.5) is 5.69 Å². The smallest absolute Gasteiger partial charge is 0.219 e. The van der Waals surface area contributed by atoms with Crippen LogP contribution in [0.1, 0.15) is 39.2 Å². The van der Waals surface area contributed by atoms with E-state index in [4.69, 9.17) is 0 Å². The van der Waals surface area contributed by atoms with Crippen molar-refractivity contribution in [1.82, 2.24) is 4.90 Å². The zero-order valence-electron chi connectivity index (χ0n) is 11.7. The fourth-order valence-electron chi connectivity index (χ4n) is 1.86. The SMILES string of the molecule is CCCCNc1cccc(CN(CC)C(C)=O)c1. The Labute approximate surface area is 110 Å². The summed E-state index contributed by atoms with van der Waals surface area (Å²) in [5.74, 6) is 0.127. The molecule has 1 aromatic rings. The second-order valence-corrected chi connectivity index (χ2v) is 4.51. The van der Waals surface area contributed by atoms with Gasteiger partial charge in [-0.05, 0) is 31.0 Å². The van der Waals surface area contributed by atoms with Gasteiger partial charge < -0.3 is 10.2 Å². The molecule has 1 rings (SSSR count). The van der Waals surface area contributed by atoms with E-state index in [2.05, 4.69) is 30.4 Å². The number of unbranched alkanes of at least 4 members (excludes halogenated alkanes) is 1. The van der Waals surface area contributed by atoms with Gasteiger partial charge in [-0.2, -0.15) is 0 Å².